The number of rotatable bonds is 3. The molecule has 2 rings (SSSR count). The molecule has 92 valence electrons. The normalized spacial score (nSPS) is 19.6. The molecule has 1 atom stereocenters. The van der Waals surface area contributed by atoms with Crippen molar-refractivity contribution >= 4 is 17.7 Å². The fraction of sp³-hybridized carbons (Fsp3) is 0.462. The molecule has 0 unspecified atom stereocenters. The molecule has 3 nitrogen and oxygen atoms in total. The van der Waals surface area contributed by atoms with Gasteiger partial charge in [-0.1, -0.05) is 6.92 Å². The summed E-state index contributed by atoms with van der Waals surface area (Å²) in [6.07, 6.45) is 0.337. The van der Waals surface area contributed by atoms with Crippen LogP contribution in [0.2, 0.25) is 0 Å². The van der Waals surface area contributed by atoms with Crippen LogP contribution in [0.4, 0.5) is 0 Å². The number of likely N-dealkylation sites (tertiary alicyclic amines) is 1. The maximum Gasteiger partial charge on any atom is 0.253 e. The van der Waals surface area contributed by atoms with Crippen molar-refractivity contribution in [2.24, 2.45) is 0 Å². The van der Waals surface area contributed by atoms with E-state index in [0.29, 0.717) is 25.1 Å². The molecule has 0 spiro atoms. The van der Waals surface area contributed by atoms with Crippen LogP contribution in [-0.4, -0.2) is 40.9 Å². The number of carbonyl (C=O) groups is 1. The molecule has 1 amide bonds. The monoisotopic (exact) mass is 251 g/mol. The lowest BCUT2D eigenvalue weighted by molar-refractivity contribution is 0.0765. The second kappa shape index (κ2) is 5.56. The highest BCUT2D eigenvalue weighted by molar-refractivity contribution is 7.99. The first-order valence-electron chi connectivity index (χ1n) is 5.91. The molecule has 0 radical (unpaired) electrons. The molecule has 0 bridgehead atoms. The summed E-state index contributed by atoms with van der Waals surface area (Å²) in [5.41, 5.74) is 0.708. The molecule has 1 heterocycles. The zero-order valence-electron chi connectivity index (χ0n) is 9.93. The standard InChI is InChI=1S/C13H17NO2S/c1-2-17-12-5-3-10(4-6-12)13(16)14-8-7-11(15)9-14/h3-6,11,15H,2,7-9H2,1H3/t11-/m1/s1. The van der Waals surface area contributed by atoms with Crippen molar-refractivity contribution in [1.82, 2.24) is 4.90 Å². The smallest absolute Gasteiger partial charge is 0.253 e. The van der Waals surface area contributed by atoms with Crippen molar-refractivity contribution in [2.45, 2.75) is 24.3 Å². The van der Waals surface area contributed by atoms with Gasteiger partial charge in [-0.05, 0) is 36.4 Å². The number of benzene rings is 1. The van der Waals surface area contributed by atoms with Crippen LogP contribution in [0.25, 0.3) is 0 Å². The summed E-state index contributed by atoms with van der Waals surface area (Å²) >= 11 is 1.76. The van der Waals surface area contributed by atoms with Crippen LogP contribution in [-0.2, 0) is 0 Å². The molecule has 17 heavy (non-hydrogen) atoms. The van der Waals surface area contributed by atoms with Crippen molar-refractivity contribution in [1.29, 1.82) is 0 Å². The molecule has 4 heteroatoms. The Morgan fingerprint density at radius 1 is 1.47 bits per heavy atom. The minimum atomic E-state index is -0.353. The molecule has 1 aromatic rings. The summed E-state index contributed by atoms with van der Waals surface area (Å²) in [6.45, 7) is 3.23. The number of nitrogens with zero attached hydrogens (tertiary/aromatic N) is 1. The summed E-state index contributed by atoms with van der Waals surface area (Å²) in [5.74, 6) is 1.06. The molecule has 1 aliphatic rings. The largest absolute Gasteiger partial charge is 0.391 e. The second-order valence-electron chi connectivity index (χ2n) is 4.15. The SMILES string of the molecule is CCSc1ccc(C(=O)N2CC[C@@H](O)C2)cc1. The minimum Gasteiger partial charge on any atom is -0.391 e. The van der Waals surface area contributed by atoms with Gasteiger partial charge in [-0.15, -0.1) is 11.8 Å². The van der Waals surface area contributed by atoms with E-state index in [4.69, 9.17) is 0 Å². The first-order chi connectivity index (χ1) is 8.20. The zero-order chi connectivity index (χ0) is 12.3. The number of amides is 1. The predicted molar refractivity (Wildman–Crippen MR) is 69.4 cm³/mol. The molecular formula is C13H17NO2S. The van der Waals surface area contributed by atoms with E-state index >= 15 is 0 Å². The number of hydrogen-bond donors (Lipinski definition) is 1. The maximum absolute atomic E-state index is 12.1. The van der Waals surface area contributed by atoms with Gasteiger partial charge in [0.15, 0.2) is 0 Å². The van der Waals surface area contributed by atoms with Crippen molar-refractivity contribution in [2.75, 3.05) is 18.8 Å². The molecule has 0 saturated carbocycles. The third-order valence-electron chi connectivity index (χ3n) is 2.86. The Hall–Kier alpha value is -1.00. The van der Waals surface area contributed by atoms with Crippen molar-refractivity contribution in [3.63, 3.8) is 0 Å². The van der Waals surface area contributed by atoms with Crippen LogP contribution in [0.5, 0.6) is 0 Å². The van der Waals surface area contributed by atoms with E-state index < -0.39 is 0 Å². The highest BCUT2D eigenvalue weighted by atomic mass is 32.2. The fourth-order valence-electron chi connectivity index (χ4n) is 1.97. The van der Waals surface area contributed by atoms with E-state index in [9.17, 15) is 9.90 Å². The van der Waals surface area contributed by atoms with Gasteiger partial charge in [0.1, 0.15) is 0 Å². The van der Waals surface area contributed by atoms with E-state index in [1.807, 2.05) is 24.3 Å². The Labute approximate surface area is 106 Å². The highest BCUT2D eigenvalue weighted by Crippen LogP contribution is 2.19. The lowest BCUT2D eigenvalue weighted by Crippen LogP contribution is -2.29. The lowest BCUT2D eigenvalue weighted by Gasteiger charge is -2.15. The summed E-state index contributed by atoms with van der Waals surface area (Å²) in [4.78, 5) is 15.0. The molecule has 0 aromatic heterocycles. The summed E-state index contributed by atoms with van der Waals surface area (Å²) in [7, 11) is 0. The van der Waals surface area contributed by atoms with Crippen LogP contribution < -0.4 is 0 Å². The minimum absolute atomic E-state index is 0.0228. The Kier molecular flexibility index (Phi) is 4.07. The van der Waals surface area contributed by atoms with Gasteiger partial charge in [0.25, 0.3) is 5.91 Å². The topological polar surface area (TPSA) is 40.5 Å². The average Bonchev–Trinajstić information content (AvgIpc) is 2.76. The maximum atomic E-state index is 12.1. The number of aliphatic hydroxyl groups is 1. The molecule has 1 aromatic carbocycles. The Morgan fingerprint density at radius 3 is 2.71 bits per heavy atom. The number of β-amino-alcohol motifs (C(OH)–C–C–N with tert-alkyl or cyclic N) is 1. The molecule has 0 aliphatic carbocycles. The second-order valence-corrected chi connectivity index (χ2v) is 5.49. The molecule has 1 saturated heterocycles. The zero-order valence-corrected chi connectivity index (χ0v) is 10.7. The molecular weight excluding hydrogens is 234 g/mol. The van der Waals surface area contributed by atoms with Crippen LogP contribution in [0.1, 0.15) is 23.7 Å². The van der Waals surface area contributed by atoms with Gasteiger partial charge in [-0.3, -0.25) is 4.79 Å². The van der Waals surface area contributed by atoms with Gasteiger partial charge in [0.05, 0.1) is 6.10 Å². The number of carbonyl (C=O) groups excluding carboxylic acids is 1. The van der Waals surface area contributed by atoms with E-state index in [-0.39, 0.29) is 12.0 Å². The molecule has 1 N–H and O–H groups in total. The van der Waals surface area contributed by atoms with Crippen LogP contribution >= 0.6 is 11.8 Å². The van der Waals surface area contributed by atoms with E-state index in [1.165, 1.54) is 4.90 Å². The average molecular weight is 251 g/mol. The fourth-order valence-corrected chi connectivity index (χ4v) is 2.63. The van der Waals surface area contributed by atoms with Crippen molar-refractivity contribution in [3.05, 3.63) is 29.8 Å². The van der Waals surface area contributed by atoms with Gasteiger partial charge in [-0.25, -0.2) is 0 Å². The van der Waals surface area contributed by atoms with Gasteiger partial charge >= 0.3 is 0 Å². The van der Waals surface area contributed by atoms with E-state index in [1.54, 1.807) is 16.7 Å². The third kappa shape index (κ3) is 3.01. The van der Waals surface area contributed by atoms with E-state index in [0.717, 1.165) is 5.75 Å². The quantitative estimate of drug-likeness (QED) is 0.835. The van der Waals surface area contributed by atoms with Crippen molar-refractivity contribution in [3.8, 4) is 0 Å². The van der Waals surface area contributed by atoms with E-state index in [2.05, 4.69) is 6.92 Å². The number of thioether (sulfide) groups is 1. The molecule has 1 aliphatic heterocycles. The van der Waals surface area contributed by atoms with Crippen molar-refractivity contribution < 1.29 is 9.90 Å². The Bertz CT molecular complexity index is 391. The van der Waals surface area contributed by atoms with Gasteiger partial charge in [-0.2, -0.15) is 0 Å². The Morgan fingerprint density at radius 2 is 2.18 bits per heavy atom. The Balaban J connectivity index is 2.04. The lowest BCUT2D eigenvalue weighted by atomic mass is 10.2. The molecule has 1 fully saturated rings. The van der Waals surface area contributed by atoms with Gasteiger partial charge in [0.2, 0.25) is 0 Å². The van der Waals surface area contributed by atoms with Crippen LogP contribution in [0.3, 0.4) is 0 Å². The first kappa shape index (κ1) is 12.5. The first-order valence-corrected chi connectivity index (χ1v) is 6.89. The summed E-state index contributed by atoms with van der Waals surface area (Å²) < 4.78 is 0. The summed E-state index contributed by atoms with van der Waals surface area (Å²) in [5, 5.41) is 9.41. The van der Waals surface area contributed by atoms with Crippen LogP contribution in [0.15, 0.2) is 29.2 Å². The number of hydrogen-bond acceptors (Lipinski definition) is 3. The highest BCUT2D eigenvalue weighted by Gasteiger charge is 2.25. The third-order valence-corrected chi connectivity index (χ3v) is 3.76. The van der Waals surface area contributed by atoms with Gasteiger partial charge in [0, 0.05) is 23.5 Å². The summed E-state index contributed by atoms with van der Waals surface area (Å²) in [6, 6.07) is 7.69. The predicted octanol–water partition coefficient (Wildman–Crippen LogP) is 2.01. The van der Waals surface area contributed by atoms with Crippen LogP contribution in [0, 0.1) is 0 Å². The number of aliphatic hydroxyl groups excluding tert-OH is 1. The van der Waals surface area contributed by atoms with Gasteiger partial charge < -0.3 is 10.0 Å².